The van der Waals surface area contributed by atoms with Crippen LogP contribution in [0.25, 0.3) is 21.0 Å². The molecule has 0 radical (unpaired) electrons. The van der Waals surface area contributed by atoms with Crippen molar-refractivity contribution in [2.75, 3.05) is 19.5 Å². The van der Waals surface area contributed by atoms with Gasteiger partial charge >= 0.3 is 0 Å². The Labute approximate surface area is 186 Å². The summed E-state index contributed by atoms with van der Waals surface area (Å²) in [6.45, 7) is 2.69. The number of carbonyl (C=O) groups excluding carboxylic acids is 1. The molecule has 3 heterocycles. The predicted octanol–water partition coefficient (Wildman–Crippen LogP) is 4.26. The fourth-order valence-corrected chi connectivity index (χ4v) is 4.43. The molecule has 9 heteroatoms. The van der Waals surface area contributed by atoms with E-state index in [-0.39, 0.29) is 11.9 Å². The van der Waals surface area contributed by atoms with E-state index in [1.54, 1.807) is 29.4 Å². The molecule has 0 fully saturated rings. The summed E-state index contributed by atoms with van der Waals surface area (Å²) in [6.07, 6.45) is 0. The van der Waals surface area contributed by atoms with Gasteiger partial charge in [-0.3, -0.25) is 4.79 Å². The van der Waals surface area contributed by atoms with Crippen molar-refractivity contribution in [1.29, 1.82) is 0 Å². The minimum absolute atomic E-state index is 0.105. The molecule has 0 spiro atoms. The van der Waals surface area contributed by atoms with Crippen molar-refractivity contribution in [2.24, 2.45) is 0 Å². The van der Waals surface area contributed by atoms with E-state index in [1.807, 2.05) is 42.6 Å². The predicted molar refractivity (Wildman–Crippen MR) is 122 cm³/mol. The maximum absolute atomic E-state index is 13.5. The average Bonchev–Trinajstić information content (AvgIpc) is 3.24. The number of amides is 1. The number of pyridine rings is 1. The van der Waals surface area contributed by atoms with E-state index in [2.05, 4.69) is 31.1 Å². The molecule has 1 aromatic carbocycles. The summed E-state index contributed by atoms with van der Waals surface area (Å²) in [6, 6.07) is 11.0. The number of halogens is 1. The largest absolute Gasteiger partial charge is 0.383 e. The quantitative estimate of drug-likeness (QED) is 0.438. The van der Waals surface area contributed by atoms with Crippen LogP contribution in [0.4, 0.5) is 5.82 Å². The summed E-state index contributed by atoms with van der Waals surface area (Å²) in [4.78, 5) is 19.7. The number of thiophene rings is 1. The Hall–Kier alpha value is -2.62. The number of carbonyl (C=O) groups is 1. The molecule has 3 aromatic heterocycles. The second kappa shape index (κ2) is 8.63. The van der Waals surface area contributed by atoms with E-state index in [4.69, 9.17) is 10.5 Å². The first-order valence-electron chi connectivity index (χ1n) is 9.32. The fourth-order valence-electron chi connectivity index (χ4n) is 3.41. The molecule has 1 amide bonds. The normalized spacial score (nSPS) is 12.4. The molecule has 30 heavy (non-hydrogen) atoms. The zero-order valence-electron chi connectivity index (χ0n) is 16.5. The highest BCUT2D eigenvalue weighted by molar-refractivity contribution is 9.10. The van der Waals surface area contributed by atoms with Gasteiger partial charge in [-0.1, -0.05) is 0 Å². The monoisotopic (exact) mass is 485 g/mol. The Morgan fingerprint density at radius 2 is 2.07 bits per heavy atom. The van der Waals surface area contributed by atoms with Gasteiger partial charge in [-0.05, 0) is 64.6 Å². The van der Waals surface area contributed by atoms with Gasteiger partial charge in [0.1, 0.15) is 10.4 Å². The van der Waals surface area contributed by atoms with Crippen LogP contribution >= 0.6 is 27.3 Å². The number of methoxy groups -OCH3 is 1. The summed E-state index contributed by atoms with van der Waals surface area (Å²) in [7, 11) is 1.62. The van der Waals surface area contributed by atoms with Crippen LogP contribution in [0.5, 0.6) is 0 Å². The number of nitrogens with zero attached hydrogens (tertiary/aromatic N) is 4. The van der Waals surface area contributed by atoms with Gasteiger partial charge in [0.15, 0.2) is 0 Å². The number of nitrogen functional groups attached to an aromatic ring is 1. The third-order valence-corrected chi connectivity index (χ3v) is 6.25. The maximum Gasteiger partial charge on any atom is 0.254 e. The van der Waals surface area contributed by atoms with Crippen LogP contribution in [0.2, 0.25) is 0 Å². The second-order valence-corrected chi connectivity index (χ2v) is 8.71. The number of rotatable bonds is 6. The van der Waals surface area contributed by atoms with E-state index in [0.717, 1.165) is 21.0 Å². The van der Waals surface area contributed by atoms with Gasteiger partial charge in [0.25, 0.3) is 5.91 Å². The van der Waals surface area contributed by atoms with Crippen molar-refractivity contribution in [3.63, 3.8) is 0 Å². The van der Waals surface area contributed by atoms with Crippen molar-refractivity contribution >= 4 is 60.0 Å². The van der Waals surface area contributed by atoms with Crippen molar-refractivity contribution in [3.8, 4) is 0 Å². The summed E-state index contributed by atoms with van der Waals surface area (Å²) in [5.41, 5.74) is 8.12. The van der Waals surface area contributed by atoms with Gasteiger partial charge in [-0.15, -0.1) is 16.4 Å². The van der Waals surface area contributed by atoms with Gasteiger partial charge in [-0.25, -0.2) is 4.98 Å². The first-order valence-corrected chi connectivity index (χ1v) is 11.0. The number of fused-ring (bicyclic) bond motifs is 3. The van der Waals surface area contributed by atoms with Crippen molar-refractivity contribution < 1.29 is 9.53 Å². The minimum Gasteiger partial charge on any atom is -0.383 e. The Morgan fingerprint density at radius 1 is 1.23 bits per heavy atom. The lowest BCUT2D eigenvalue weighted by atomic mass is 10.1. The molecular formula is C21H20BrN5O2S. The Morgan fingerprint density at radius 3 is 2.80 bits per heavy atom. The Bertz CT molecular complexity index is 1210. The fraction of sp³-hybridized carbons (Fsp3) is 0.238. The van der Waals surface area contributed by atoms with Crippen molar-refractivity contribution in [2.45, 2.75) is 19.5 Å². The van der Waals surface area contributed by atoms with E-state index >= 15 is 0 Å². The van der Waals surface area contributed by atoms with Gasteiger partial charge in [0.2, 0.25) is 0 Å². The molecule has 0 aliphatic heterocycles. The summed E-state index contributed by atoms with van der Waals surface area (Å²) in [5, 5.41) is 12.1. The van der Waals surface area contributed by atoms with E-state index in [9.17, 15) is 4.79 Å². The third kappa shape index (κ3) is 4.00. The highest BCUT2D eigenvalue weighted by Crippen LogP contribution is 2.32. The molecule has 0 unspecified atom stereocenters. The lowest BCUT2D eigenvalue weighted by molar-refractivity contribution is 0.0538. The number of hydrogen-bond acceptors (Lipinski definition) is 7. The average molecular weight is 486 g/mol. The van der Waals surface area contributed by atoms with Gasteiger partial charge in [0, 0.05) is 23.4 Å². The maximum atomic E-state index is 13.5. The van der Waals surface area contributed by atoms with Crippen LogP contribution in [-0.4, -0.2) is 45.7 Å². The highest BCUT2D eigenvalue weighted by Gasteiger charge is 2.23. The number of hydrogen-bond donors (Lipinski definition) is 1. The number of benzene rings is 1. The number of ether oxygens (including phenoxy) is 1. The van der Waals surface area contributed by atoms with Crippen LogP contribution in [0, 0.1) is 0 Å². The Balaban J connectivity index is 1.73. The SMILES string of the molecule is COC[C@@H](C)N(Cc1ccc(Br)nn1)C(=O)c1ccc2nc(N)c3sccc3c2c1. The molecule has 0 aliphatic rings. The third-order valence-electron chi connectivity index (χ3n) is 4.89. The molecule has 154 valence electrons. The molecule has 1 atom stereocenters. The van der Waals surface area contributed by atoms with Crippen LogP contribution in [-0.2, 0) is 11.3 Å². The number of aromatic nitrogens is 3. The first-order chi connectivity index (χ1) is 14.5. The molecule has 0 bridgehead atoms. The lowest BCUT2D eigenvalue weighted by Crippen LogP contribution is -2.40. The lowest BCUT2D eigenvalue weighted by Gasteiger charge is -2.28. The molecule has 2 N–H and O–H groups in total. The molecule has 4 aromatic rings. The smallest absolute Gasteiger partial charge is 0.254 e. The van der Waals surface area contributed by atoms with Crippen LogP contribution in [0.3, 0.4) is 0 Å². The second-order valence-electron chi connectivity index (χ2n) is 6.98. The standard InChI is InChI=1S/C21H20BrN5O2S/c1-12(11-29-2)27(10-14-4-6-18(22)26-25-14)21(28)13-3-5-17-16(9-13)15-7-8-30-19(15)20(23)24-17/h3-9,12H,10-11H2,1-2H3,(H2,23,24)/t12-/m1/s1. The highest BCUT2D eigenvalue weighted by atomic mass is 79.9. The number of nitrogens with two attached hydrogens (primary N) is 1. The van der Waals surface area contributed by atoms with Gasteiger partial charge in [-0.2, -0.15) is 5.10 Å². The van der Waals surface area contributed by atoms with E-state index in [1.165, 1.54) is 0 Å². The molecule has 7 nitrogen and oxygen atoms in total. The molecule has 0 aliphatic carbocycles. The zero-order chi connectivity index (χ0) is 21.3. The van der Waals surface area contributed by atoms with Crippen LogP contribution < -0.4 is 5.73 Å². The summed E-state index contributed by atoms with van der Waals surface area (Å²) in [5.74, 6) is 0.405. The summed E-state index contributed by atoms with van der Waals surface area (Å²) >= 11 is 4.83. The van der Waals surface area contributed by atoms with Crippen LogP contribution in [0.1, 0.15) is 23.0 Å². The minimum atomic E-state index is -0.144. The zero-order valence-corrected chi connectivity index (χ0v) is 18.9. The molecule has 0 saturated heterocycles. The first kappa shape index (κ1) is 20.6. The van der Waals surface area contributed by atoms with Crippen molar-refractivity contribution in [1.82, 2.24) is 20.1 Å². The molecular weight excluding hydrogens is 466 g/mol. The van der Waals surface area contributed by atoms with Crippen LogP contribution in [0.15, 0.2) is 46.4 Å². The van der Waals surface area contributed by atoms with Gasteiger partial charge < -0.3 is 15.4 Å². The summed E-state index contributed by atoms with van der Waals surface area (Å²) < 4.78 is 6.88. The number of anilines is 1. The molecule has 0 saturated carbocycles. The van der Waals surface area contributed by atoms with E-state index < -0.39 is 0 Å². The van der Waals surface area contributed by atoms with E-state index in [0.29, 0.717) is 34.8 Å². The Kier molecular flexibility index (Phi) is 5.94. The molecule has 4 rings (SSSR count). The van der Waals surface area contributed by atoms with Gasteiger partial charge in [0.05, 0.1) is 35.1 Å². The topological polar surface area (TPSA) is 94.2 Å². The van der Waals surface area contributed by atoms with Crippen molar-refractivity contribution in [3.05, 3.63) is 57.6 Å².